The van der Waals surface area contributed by atoms with E-state index in [-0.39, 0.29) is 11.8 Å². The van der Waals surface area contributed by atoms with Crippen LogP contribution in [0, 0.1) is 0 Å². The fraction of sp³-hybridized carbons (Fsp3) is 0.273. The number of rotatable bonds is 6. The minimum atomic E-state index is -0.152. The Labute approximate surface area is 169 Å². The molecule has 2 aromatic heterocycles. The number of nitrogens with zero attached hydrogens (tertiary/aromatic N) is 4. The van der Waals surface area contributed by atoms with Crippen molar-refractivity contribution >= 4 is 11.8 Å². The molecule has 4 rings (SSSR count). The van der Waals surface area contributed by atoms with Gasteiger partial charge in [0.2, 0.25) is 5.91 Å². The Morgan fingerprint density at radius 2 is 1.93 bits per heavy atom. The molecule has 1 aliphatic rings. The molecule has 0 saturated carbocycles. The maximum Gasteiger partial charge on any atom is 0.251 e. The molecule has 7 heteroatoms. The molecular weight excluding hydrogens is 366 g/mol. The van der Waals surface area contributed by atoms with E-state index in [4.69, 9.17) is 0 Å². The highest BCUT2D eigenvalue weighted by Gasteiger charge is 2.18. The lowest BCUT2D eigenvalue weighted by molar-refractivity contribution is -0.133. The number of nitrogens with one attached hydrogen (secondary N) is 1. The lowest BCUT2D eigenvalue weighted by Gasteiger charge is -2.26. The lowest BCUT2D eigenvalue weighted by atomic mass is 10.1. The second-order valence-corrected chi connectivity index (χ2v) is 7.09. The molecule has 0 unspecified atom stereocenters. The van der Waals surface area contributed by atoms with Gasteiger partial charge in [-0.1, -0.05) is 18.2 Å². The first-order chi connectivity index (χ1) is 14.2. The molecule has 7 nitrogen and oxygen atoms in total. The van der Waals surface area contributed by atoms with E-state index < -0.39 is 0 Å². The van der Waals surface area contributed by atoms with Crippen molar-refractivity contribution in [2.45, 2.75) is 32.4 Å². The van der Waals surface area contributed by atoms with E-state index in [1.165, 1.54) is 0 Å². The zero-order valence-corrected chi connectivity index (χ0v) is 16.1. The van der Waals surface area contributed by atoms with Crippen molar-refractivity contribution in [2.24, 2.45) is 0 Å². The second-order valence-electron chi connectivity index (χ2n) is 7.09. The van der Waals surface area contributed by atoms with E-state index in [0.29, 0.717) is 30.9 Å². The third kappa shape index (κ3) is 4.51. The summed E-state index contributed by atoms with van der Waals surface area (Å²) >= 11 is 0. The molecule has 3 heterocycles. The zero-order valence-electron chi connectivity index (χ0n) is 16.1. The minimum absolute atomic E-state index is 0.152. The number of carbonyl (C=O) groups is 2. The Morgan fingerprint density at radius 3 is 2.69 bits per heavy atom. The van der Waals surface area contributed by atoms with Crippen molar-refractivity contribution in [1.29, 1.82) is 0 Å². The zero-order chi connectivity index (χ0) is 20.1. The first kappa shape index (κ1) is 18.9. The number of benzene rings is 1. The Balaban J connectivity index is 1.38. The van der Waals surface area contributed by atoms with Gasteiger partial charge in [-0.15, -0.1) is 0 Å². The van der Waals surface area contributed by atoms with Gasteiger partial charge in [0.05, 0.1) is 0 Å². The smallest absolute Gasteiger partial charge is 0.251 e. The van der Waals surface area contributed by atoms with Crippen LogP contribution in [0.3, 0.4) is 0 Å². The Hall–Kier alpha value is -3.48. The summed E-state index contributed by atoms with van der Waals surface area (Å²) in [5.74, 6) is 0.753. The highest BCUT2D eigenvalue weighted by molar-refractivity contribution is 5.94. The van der Waals surface area contributed by atoms with E-state index in [1.807, 2.05) is 41.4 Å². The maximum atomic E-state index is 12.6. The predicted octanol–water partition coefficient (Wildman–Crippen LogP) is 2.71. The minimum Gasteiger partial charge on any atom is -0.348 e. The average Bonchev–Trinajstić information content (AvgIpc) is 3.29. The van der Waals surface area contributed by atoms with E-state index in [9.17, 15) is 9.59 Å². The molecule has 3 aromatic rings. The summed E-state index contributed by atoms with van der Waals surface area (Å²) in [6, 6.07) is 13.0. The molecule has 1 N–H and O–H groups in total. The molecule has 0 spiro atoms. The van der Waals surface area contributed by atoms with Crippen LogP contribution in [0.25, 0.3) is 5.82 Å². The van der Waals surface area contributed by atoms with Crippen molar-refractivity contribution in [2.75, 3.05) is 6.54 Å². The molecule has 0 aliphatic carbocycles. The fourth-order valence-electron chi connectivity index (χ4n) is 3.46. The maximum absolute atomic E-state index is 12.6. The van der Waals surface area contributed by atoms with E-state index in [1.54, 1.807) is 29.2 Å². The van der Waals surface area contributed by atoms with Crippen LogP contribution in [-0.2, 0) is 17.9 Å². The van der Waals surface area contributed by atoms with Crippen molar-refractivity contribution in [3.05, 3.63) is 77.7 Å². The van der Waals surface area contributed by atoms with Gasteiger partial charge < -0.3 is 10.2 Å². The highest BCUT2D eigenvalue weighted by Crippen LogP contribution is 2.15. The quantitative estimate of drug-likeness (QED) is 0.703. The van der Waals surface area contributed by atoms with Gasteiger partial charge in [-0.3, -0.25) is 9.59 Å². The van der Waals surface area contributed by atoms with Gasteiger partial charge in [0.25, 0.3) is 5.91 Å². The molecule has 0 bridgehead atoms. The van der Waals surface area contributed by atoms with E-state index >= 15 is 0 Å². The van der Waals surface area contributed by atoms with Crippen molar-refractivity contribution in [3.8, 4) is 5.82 Å². The number of piperidine rings is 1. The van der Waals surface area contributed by atoms with Crippen molar-refractivity contribution in [3.63, 3.8) is 0 Å². The van der Waals surface area contributed by atoms with Crippen LogP contribution in [0.4, 0.5) is 0 Å². The van der Waals surface area contributed by atoms with Gasteiger partial charge in [-0.2, -0.15) is 5.10 Å². The standard InChI is InChI=1S/C22H23N5O2/c28-20-6-1-2-13-26(20)16-17-7-9-18(10-8-17)22(29)24-15-19-5-3-11-23-21(19)27-14-4-12-25-27/h3-5,7-12,14H,1-2,6,13,15-16H2,(H,24,29). The Morgan fingerprint density at radius 1 is 1.07 bits per heavy atom. The van der Waals surface area contributed by atoms with E-state index in [2.05, 4.69) is 15.4 Å². The second kappa shape index (κ2) is 8.68. The van der Waals surface area contributed by atoms with Crippen LogP contribution in [-0.4, -0.2) is 38.0 Å². The molecule has 1 aliphatic heterocycles. The summed E-state index contributed by atoms with van der Waals surface area (Å²) in [5.41, 5.74) is 2.50. The number of likely N-dealkylation sites (tertiary alicyclic amines) is 1. The SMILES string of the molecule is O=C(NCc1cccnc1-n1cccn1)c1ccc(CN2CCCCC2=O)cc1. The molecule has 1 fully saturated rings. The van der Waals surface area contributed by atoms with Crippen LogP contribution in [0.2, 0.25) is 0 Å². The summed E-state index contributed by atoms with van der Waals surface area (Å²) in [6.07, 6.45) is 7.88. The fourth-order valence-corrected chi connectivity index (χ4v) is 3.46. The van der Waals surface area contributed by atoms with Gasteiger partial charge >= 0.3 is 0 Å². The average molecular weight is 389 g/mol. The van der Waals surface area contributed by atoms with Gasteiger partial charge in [0.15, 0.2) is 5.82 Å². The Bertz CT molecular complexity index is 983. The molecule has 0 radical (unpaired) electrons. The summed E-state index contributed by atoms with van der Waals surface area (Å²) < 4.78 is 1.68. The molecule has 29 heavy (non-hydrogen) atoms. The van der Waals surface area contributed by atoms with Crippen LogP contribution in [0.5, 0.6) is 0 Å². The van der Waals surface area contributed by atoms with Crippen LogP contribution >= 0.6 is 0 Å². The van der Waals surface area contributed by atoms with Crippen LogP contribution in [0.15, 0.2) is 61.1 Å². The monoisotopic (exact) mass is 389 g/mol. The van der Waals surface area contributed by atoms with Gasteiger partial charge in [-0.05, 0) is 42.7 Å². The Kier molecular flexibility index (Phi) is 5.65. The number of aromatic nitrogens is 3. The lowest BCUT2D eigenvalue weighted by Crippen LogP contribution is -2.34. The van der Waals surface area contributed by atoms with Gasteiger partial charge in [0.1, 0.15) is 0 Å². The van der Waals surface area contributed by atoms with Crippen molar-refractivity contribution in [1.82, 2.24) is 25.0 Å². The molecule has 1 aromatic carbocycles. The predicted molar refractivity (Wildman–Crippen MR) is 108 cm³/mol. The number of carbonyl (C=O) groups excluding carboxylic acids is 2. The molecular formula is C22H23N5O2. The topological polar surface area (TPSA) is 80.1 Å². The van der Waals surface area contributed by atoms with Crippen LogP contribution in [0.1, 0.15) is 40.7 Å². The first-order valence-electron chi connectivity index (χ1n) is 9.79. The molecule has 2 amide bonds. The third-order valence-electron chi connectivity index (χ3n) is 5.04. The number of hydrogen-bond acceptors (Lipinski definition) is 4. The van der Waals surface area contributed by atoms with Gasteiger partial charge in [0, 0.05) is 55.8 Å². The molecule has 148 valence electrons. The number of amides is 2. The summed E-state index contributed by atoms with van der Waals surface area (Å²) in [4.78, 5) is 30.8. The number of pyridine rings is 1. The number of hydrogen-bond donors (Lipinski definition) is 1. The van der Waals surface area contributed by atoms with E-state index in [0.717, 1.165) is 30.5 Å². The largest absolute Gasteiger partial charge is 0.348 e. The summed E-state index contributed by atoms with van der Waals surface area (Å²) in [5, 5.41) is 7.15. The third-order valence-corrected chi connectivity index (χ3v) is 5.04. The summed E-state index contributed by atoms with van der Waals surface area (Å²) in [6.45, 7) is 1.76. The molecule has 1 saturated heterocycles. The first-order valence-corrected chi connectivity index (χ1v) is 9.79. The normalized spacial score (nSPS) is 14.1. The van der Waals surface area contributed by atoms with Gasteiger partial charge in [-0.25, -0.2) is 9.67 Å². The van der Waals surface area contributed by atoms with Crippen LogP contribution < -0.4 is 5.32 Å². The molecule has 0 atom stereocenters. The highest BCUT2D eigenvalue weighted by atomic mass is 16.2. The van der Waals surface area contributed by atoms with Crippen molar-refractivity contribution < 1.29 is 9.59 Å². The summed E-state index contributed by atoms with van der Waals surface area (Å²) in [7, 11) is 0.